The minimum atomic E-state index is -3.53. The third kappa shape index (κ3) is 2.62. The van der Waals surface area contributed by atoms with Gasteiger partial charge in [-0.25, -0.2) is 12.7 Å². The Bertz CT molecular complexity index is 516. The molecule has 0 unspecified atom stereocenters. The maximum Gasteiger partial charge on any atom is 0.266 e. The van der Waals surface area contributed by atoms with Crippen LogP contribution in [0.3, 0.4) is 0 Å². The standard InChI is InChI=1S/C9H11N3O2S2.ClH/c10-7-1-3-8(4-2-7)16(13,14)12-6-5-11-9(12)15;/h1-4H,5-6,10H2,(H,11,15);1H. The van der Waals surface area contributed by atoms with E-state index in [-0.39, 0.29) is 22.4 Å². The van der Waals surface area contributed by atoms with Crippen LogP contribution in [0.5, 0.6) is 0 Å². The number of sulfonamides is 1. The predicted octanol–water partition coefficient (Wildman–Crippen LogP) is 0.569. The minimum Gasteiger partial charge on any atom is -0.399 e. The van der Waals surface area contributed by atoms with Gasteiger partial charge in [0.25, 0.3) is 10.0 Å². The zero-order chi connectivity index (χ0) is 11.8. The third-order valence-electron chi connectivity index (χ3n) is 2.29. The first-order valence-electron chi connectivity index (χ1n) is 4.68. The maximum atomic E-state index is 12.1. The lowest BCUT2D eigenvalue weighted by molar-refractivity contribution is 0.542. The molecule has 1 aromatic carbocycles. The Morgan fingerprint density at radius 3 is 2.35 bits per heavy atom. The lowest BCUT2D eigenvalue weighted by Crippen LogP contribution is -2.33. The number of nitrogens with one attached hydrogen (secondary N) is 1. The number of hydrogen-bond donors (Lipinski definition) is 2. The molecule has 1 aliphatic heterocycles. The quantitative estimate of drug-likeness (QED) is 0.616. The second-order valence-electron chi connectivity index (χ2n) is 3.38. The topological polar surface area (TPSA) is 75.4 Å². The molecule has 1 saturated heterocycles. The Hall–Kier alpha value is -1.05. The number of nitrogen functional groups attached to an aromatic ring is 1. The van der Waals surface area contributed by atoms with Crippen LogP contribution in [0.1, 0.15) is 0 Å². The molecular formula is C9H12ClN3O2S2. The summed E-state index contributed by atoms with van der Waals surface area (Å²) in [6.45, 7) is 0.915. The number of rotatable bonds is 2. The molecule has 1 fully saturated rings. The first kappa shape index (κ1) is 14.0. The van der Waals surface area contributed by atoms with E-state index >= 15 is 0 Å². The van der Waals surface area contributed by atoms with Crippen molar-refractivity contribution in [3.8, 4) is 0 Å². The number of nitrogens with two attached hydrogens (primary N) is 1. The van der Waals surface area contributed by atoms with Crippen molar-refractivity contribution in [1.82, 2.24) is 9.62 Å². The maximum absolute atomic E-state index is 12.1. The van der Waals surface area contributed by atoms with Gasteiger partial charge in [-0.05, 0) is 36.5 Å². The molecule has 0 saturated carbocycles. The highest BCUT2D eigenvalue weighted by Gasteiger charge is 2.29. The lowest BCUT2D eigenvalue weighted by atomic mass is 10.3. The van der Waals surface area contributed by atoms with Crippen molar-refractivity contribution in [2.45, 2.75) is 4.90 Å². The fourth-order valence-corrected chi connectivity index (χ4v) is 3.29. The van der Waals surface area contributed by atoms with Gasteiger partial charge < -0.3 is 11.1 Å². The van der Waals surface area contributed by atoms with Crippen LogP contribution in [0.25, 0.3) is 0 Å². The highest BCUT2D eigenvalue weighted by atomic mass is 35.5. The molecule has 0 atom stereocenters. The molecular weight excluding hydrogens is 282 g/mol. The zero-order valence-electron chi connectivity index (χ0n) is 8.79. The van der Waals surface area contributed by atoms with Gasteiger partial charge in [-0.15, -0.1) is 12.4 Å². The van der Waals surface area contributed by atoms with E-state index in [2.05, 4.69) is 5.32 Å². The molecule has 3 N–H and O–H groups in total. The molecule has 94 valence electrons. The van der Waals surface area contributed by atoms with E-state index < -0.39 is 10.0 Å². The van der Waals surface area contributed by atoms with Crippen molar-refractivity contribution in [3.05, 3.63) is 24.3 Å². The normalized spacial score (nSPS) is 15.3. The predicted molar refractivity (Wildman–Crippen MR) is 72.6 cm³/mol. The van der Waals surface area contributed by atoms with Crippen LogP contribution in [-0.2, 0) is 10.0 Å². The number of anilines is 1. The van der Waals surface area contributed by atoms with E-state index in [9.17, 15) is 8.42 Å². The molecule has 1 aromatic rings. The smallest absolute Gasteiger partial charge is 0.266 e. The zero-order valence-corrected chi connectivity index (χ0v) is 11.2. The van der Waals surface area contributed by atoms with Crippen LogP contribution in [-0.4, -0.2) is 30.9 Å². The van der Waals surface area contributed by atoms with Gasteiger partial charge in [0, 0.05) is 12.2 Å². The fourth-order valence-electron chi connectivity index (χ4n) is 1.45. The number of hydrogen-bond acceptors (Lipinski definition) is 4. The second-order valence-corrected chi connectivity index (χ2v) is 5.63. The first-order chi connectivity index (χ1) is 7.51. The SMILES string of the molecule is Cl.Nc1ccc(S(=O)(=O)N2CCNC2=S)cc1. The Kier molecular flexibility index (Phi) is 4.18. The van der Waals surface area contributed by atoms with Crippen molar-refractivity contribution in [2.75, 3.05) is 18.8 Å². The molecule has 0 aromatic heterocycles. The Morgan fingerprint density at radius 1 is 1.29 bits per heavy atom. The molecule has 0 amide bonds. The van der Waals surface area contributed by atoms with Crippen LogP contribution < -0.4 is 11.1 Å². The minimum absolute atomic E-state index is 0. The number of nitrogens with zero attached hydrogens (tertiary/aromatic N) is 1. The molecule has 1 aliphatic rings. The van der Waals surface area contributed by atoms with Crippen molar-refractivity contribution in [1.29, 1.82) is 0 Å². The van der Waals surface area contributed by atoms with Crippen LogP contribution in [0.2, 0.25) is 0 Å². The summed E-state index contributed by atoms with van der Waals surface area (Å²) in [5.74, 6) is 0. The van der Waals surface area contributed by atoms with Gasteiger partial charge in [-0.2, -0.15) is 0 Å². The fraction of sp³-hybridized carbons (Fsp3) is 0.222. The Labute approximate surface area is 111 Å². The van der Waals surface area contributed by atoms with Crippen molar-refractivity contribution < 1.29 is 8.42 Å². The average Bonchev–Trinajstić information content (AvgIpc) is 2.66. The summed E-state index contributed by atoms with van der Waals surface area (Å²) in [6.07, 6.45) is 0. The second kappa shape index (κ2) is 5.07. The van der Waals surface area contributed by atoms with E-state index in [1.165, 1.54) is 16.4 Å². The summed E-state index contributed by atoms with van der Waals surface area (Å²) in [5, 5.41) is 3.06. The van der Waals surface area contributed by atoms with Crippen molar-refractivity contribution >= 4 is 45.4 Å². The highest BCUT2D eigenvalue weighted by Crippen LogP contribution is 2.18. The highest BCUT2D eigenvalue weighted by molar-refractivity contribution is 7.91. The summed E-state index contributed by atoms with van der Waals surface area (Å²) >= 11 is 4.93. The molecule has 1 heterocycles. The van der Waals surface area contributed by atoms with Crippen LogP contribution in [0.15, 0.2) is 29.2 Å². The van der Waals surface area contributed by atoms with Gasteiger partial charge in [0.05, 0.1) is 11.4 Å². The van der Waals surface area contributed by atoms with Gasteiger partial charge >= 0.3 is 0 Å². The van der Waals surface area contributed by atoms with Gasteiger partial charge in [-0.3, -0.25) is 0 Å². The van der Waals surface area contributed by atoms with E-state index in [0.29, 0.717) is 18.8 Å². The van der Waals surface area contributed by atoms with Gasteiger partial charge in [-0.1, -0.05) is 0 Å². The van der Waals surface area contributed by atoms with E-state index in [0.717, 1.165) is 0 Å². The summed E-state index contributed by atoms with van der Waals surface area (Å²) in [7, 11) is -3.53. The number of halogens is 1. The van der Waals surface area contributed by atoms with Gasteiger partial charge in [0.2, 0.25) is 0 Å². The van der Waals surface area contributed by atoms with E-state index in [1.807, 2.05) is 0 Å². The largest absolute Gasteiger partial charge is 0.399 e. The van der Waals surface area contributed by atoms with Crippen molar-refractivity contribution in [3.63, 3.8) is 0 Å². The third-order valence-corrected chi connectivity index (χ3v) is 4.58. The molecule has 2 rings (SSSR count). The van der Waals surface area contributed by atoms with Crippen molar-refractivity contribution in [2.24, 2.45) is 0 Å². The Morgan fingerprint density at radius 2 is 1.88 bits per heavy atom. The first-order valence-corrected chi connectivity index (χ1v) is 6.53. The van der Waals surface area contributed by atoms with Crippen LogP contribution in [0, 0.1) is 0 Å². The molecule has 17 heavy (non-hydrogen) atoms. The van der Waals surface area contributed by atoms with Crippen LogP contribution >= 0.6 is 24.6 Å². The van der Waals surface area contributed by atoms with E-state index in [1.54, 1.807) is 12.1 Å². The molecule has 8 heteroatoms. The summed E-state index contributed by atoms with van der Waals surface area (Å²) in [6, 6.07) is 6.07. The molecule has 0 spiro atoms. The summed E-state index contributed by atoms with van der Waals surface area (Å²) in [5.41, 5.74) is 6.03. The number of benzene rings is 1. The lowest BCUT2D eigenvalue weighted by Gasteiger charge is -2.16. The van der Waals surface area contributed by atoms with E-state index in [4.69, 9.17) is 18.0 Å². The molecule has 0 aliphatic carbocycles. The van der Waals surface area contributed by atoms with Crippen LogP contribution in [0.4, 0.5) is 5.69 Å². The average molecular weight is 294 g/mol. The van der Waals surface area contributed by atoms with Gasteiger partial charge in [0.1, 0.15) is 0 Å². The summed E-state index contributed by atoms with van der Waals surface area (Å²) in [4.78, 5) is 0.202. The number of thiocarbonyl (C=S) groups is 1. The molecule has 5 nitrogen and oxygen atoms in total. The monoisotopic (exact) mass is 293 g/mol. The van der Waals surface area contributed by atoms with Gasteiger partial charge in [0.15, 0.2) is 5.11 Å². The summed E-state index contributed by atoms with van der Waals surface area (Å²) < 4.78 is 25.4. The molecule has 0 bridgehead atoms. The molecule has 0 radical (unpaired) electrons. The Balaban J connectivity index is 0.00000144.